The fourth-order valence-corrected chi connectivity index (χ4v) is 1.91. The minimum Gasteiger partial charge on any atom is -0.352 e. The predicted molar refractivity (Wildman–Crippen MR) is 82.9 cm³/mol. The molecule has 0 unspecified atom stereocenters. The number of pyridine rings is 1. The van der Waals surface area contributed by atoms with Gasteiger partial charge in [-0.15, -0.1) is 0 Å². The van der Waals surface area contributed by atoms with E-state index in [9.17, 15) is 24.5 Å². The SMILES string of the molecule is CCN(CC(=O)NC(C)C)C(=O)Cn1cc([N+](=O)[O-])ccc1=O. The van der Waals surface area contributed by atoms with Gasteiger partial charge in [-0.1, -0.05) is 0 Å². The average Bonchev–Trinajstić information content (AvgIpc) is 2.45. The molecule has 9 nitrogen and oxygen atoms in total. The molecule has 0 spiro atoms. The van der Waals surface area contributed by atoms with Gasteiger partial charge < -0.3 is 10.2 Å². The topological polar surface area (TPSA) is 115 Å². The average molecular weight is 324 g/mol. The maximum Gasteiger partial charge on any atom is 0.285 e. The largest absolute Gasteiger partial charge is 0.352 e. The van der Waals surface area contributed by atoms with Crippen molar-refractivity contribution in [3.63, 3.8) is 0 Å². The van der Waals surface area contributed by atoms with Crippen molar-refractivity contribution in [2.75, 3.05) is 13.1 Å². The zero-order chi connectivity index (χ0) is 17.6. The molecule has 2 amide bonds. The van der Waals surface area contributed by atoms with Crippen LogP contribution in [0.15, 0.2) is 23.1 Å². The van der Waals surface area contributed by atoms with Crippen LogP contribution in [-0.2, 0) is 16.1 Å². The summed E-state index contributed by atoms with van der Waals surface area (Å²) in [6.45, 7) is 5.11. The Hall–Kier alpha value is -2.71. The Labute approximate surface area is 133 Å². The van der Waals surface area contributed by atoms with E-state index in [1.165, 1.54) is 4.90 Å². The van der Waals surface area contributed by atoms with Gasteiger partial charge in [0.2, 0.25) is 11.8 Å². The second kappa shape index (κ2) is 8.06. The number of carbonyl (C=O) groups excluding carboxylic acids is 2. The molecule has 1 aromatic heterocycles. The standard InChI is InChI=1S/C14H20N4O5/c1-4-16(8-12(19)15-10(2)3)14(21)9-17-7-11(18(22)23)5-6-13(17)20/h5-7,10H,4,8-9H2,1-3H3,(H,15,19). The second-order valence-electron chi connectivity index (χ2n) is 5.24. The summed E-state index contributed by atoms with van der Waals surface area (Å²) in [5.41, 5.74) is -0.801. The van der Waals surface area contributed by atoms with E-state index < -0.39 is 16.4 Å². The number of hydrogen-bond donors (Lipinski definition) is 1. The van der Waals surface area contributed by atoms with Crippen molar-refractivity contribution in [3.05, 3.63) is 38.8 Å². The number of rotatable bonds is 7. The molecule has 0 saturated carbocycles. The highest BCUT2D eigenvalue weighted by Crippen LogP contribution is 2.06. The van der Waals surface area contributed by atoms with E-state index in [2.05, 4.69) is 5.32 Å². The molecule has 23 heavy (non-hydrogen) atoms. The molecule has 0 saturated heterocycles. The lowest BCUT2D eigenvalue weighted by Gasteiger charge is -2.21. The molecule has 1 rings (SSSR count). The Morgan fingerprint density at radius 1 is 1.39 bits per heavy atom. The maximum absolute atomic E-state index is 12.2. The molecule has 0 fully saturated rings. The third-order valence-electron chi connectivity index (χ3n) is 3.00. The Morgan fingerprint density at radius 3 is 2.57 bits per heavy atom. The van der Waals surface area contributed by atoms with E-state index in [0.717, 1.165) is 22.9 Å². The number of carbonyl (C=O) groups is 2. The van der Waals surface area contributed by atoms with Crippen molar-refractivity contribution in [1.82, 2.24) is 14.8 Å². The van der Waals surface area contributed by atoms with E-state index in [1.54, 1.807) is 20.8 Å². The van der Waals surface area contributed by atoms with Crippen molar-refractivity contribution in [1.29, 1.82) is 0 Å². The number of nitrogens with zero attached hydrogens (tertiary/aromatic N) is 3. The van der Waals surface area contributed by atoms with Gasteiger partial charge in [0.15, 0.2) is 0 Å². The Kier molecular flexibility index (Phi) is 6.43. The maximum atomic E-state index is 12.2. The van der Waals surface area contributed by atoms with Crippen LogP contribution in [0.2, 0.25) is 0 Å². The van der Waals surface area contributed by atoms with Crippen LogP contribution in [0.3, 0.4) is 0 Å². The highest BCUT2D eigenvalue weighted by atomic mass is 16.6. The van der Waals surface area contributed by atoms with Crippen molar-refractivity contribution in [2.45, 2.75) is 33.4 Å². The van der Waals surface area contributed by atoms with E-state index in [0.29, 0.717) is 0 Å². The fraction of sp³-hybridized carbons (Fsp3) is 0.500. The first-order valence-corrected chi connectivity index (χ1v) is 7.16. The molecule has 1 aromatic rings. The van der Waals surface area contributed by atoms with Crippen molar-refractivity contribution < 1.29 is 14.5 Å². The number of nitro groups is 1. The van der Waals surface area contributed by atoms with Gasteiger partial charge in [-0.3, -0.25) is 29.1 Å². The van der Waals surface area contributed by atoms with Gasteiger partial charge in [-0.2, -0.15) is 0 Å². The van der Waals surface area contributed by atoms with Gasteiger partial charge >= 0.3 is 0 Å². The molecule has 0 bridgehead atoms. The van der Waals surface area contributed by atoms with Gasteiger partial charge in [0.25, 0.3) is 11.2 Å². The van der Waals surface area contributed by atoms with Crippen LogP contribution in [-0.4, -0.2) is 45.3 Å². The van der Waals surface area contributed by atoms with Crippen LogP contribution in [0.1, 0.15) is 20.8 Å². The lowest BCUT2D eigenvalue weighted by Crippen LogP contribution is -2.44. The fourth-order valence-electron chi connectivity index (χ4n) is 1.91. The number of likely N-dealkylation sites (N-methyl/N-ethyl adjacent to an activating group) is 1. The molecule has 1 heterocycles. The van der Waals surface area contributed by atoms with Crippen LogP contribution < -0.4 is 10.9 Å². The molecule has 1 N–H and O–H groups in total. The summed E-state index contributed by atoms with van der Waals surface area (Å²) in [6, 6.07) is 2.07. The number of nitrogens with one attached hydrogen (secondary N) is 1. The lowest BCUT2D eigenvalue weighted by atomic mass is 10.3. The van der Waals surface area contributed by atoms with Gasteiger partial charge in [0, 0.05) is 24.7 Å². The summed E-state index contributed by atoms with van der Waals surface area (Å²) in [4.78, 5) is 47.0. The Bertz CT molecular complexity index is 653. The first-order valence-electron chi connectivity index (χ1n) is 7.16. The molecule has 0 atom stereocenters. The lowest BCUT2D eigenvalue weighted by molar-refractivity contribution is -0.385. The Morgan fingerprint density at radius 2 is 2.04 bits per heavy atom. The van der Waals surface area contributed by atoms with Gasteiger partial charge in [-0.25, -0.2) is 0 Å². The molecule has 126 valence electrons. The van der Waals surface area contributed by atoms with E-state index in [4.69, 9.17) is 0 Å². The van der Waals surface area contributed by atoms with Crippen LogP contribution >= 0.6 is 0 Å². The summed E-state index contributed by atoms with van der Waals surface area (Å²) in [5.74, 6) is -0.768. The molecule has 0 aliphatic heterocycles. The summed E-state index contributed by atoms with van der Waals surface area (Å²) in [7, 11) is 0. The smallest absolute Gasteiger partial charge is 0.285 e. The molecule has 0 radical (unpaired) electrons. The van der Waals surface area contributed by atoms with Gasteiger partial charge in [0.1, 0.15) is 6.54 Å². The van der Waals surface area contributed by atoms with E-state index in [-0.39, 0.29) is 37.3 Å². The summed E-state index contributed by atoms with van der Waals surface area (Å²) in [5, 5.41) is 13.4. The summed E-state index contributed by atoms with van der Waals surface area (Å²) < 4.78 is 0.962. The van der Waals surface area contributed by atoms with Gasteiger partial charge in [-0.05, 0) is 20.8 Å². The minimum atomic E-state index is -0.645. The van der Waals surface area contributed by atoms with E-state index in [1.807, 2.05) is 0 Å². The van der Waals surface area contributed by atoms with Crippen LogP contribution in [0.25, 0.3) is 0 Å². The predicted octanol–water partition coefficient (Wildman–Crippen LogP) is 0.130. The summed E-state index contributed by atoms with van der Waals surface area (Å²) in [6.07, 6.45) is 1.02. The molecule has 0 aromatic carbocycles. The van der Waals surface area contributed by atoms with Crippen molar-refractivity contribution in [2.24, 2.45) is 0 Å². The third kappa shape index (κ3) is 5.53. The monoisotopic (exact) mass is 324 g/mol. The quantitative estimate of drug-likeness (QED) is 0.565. The molecule has 0 aliphatic rings. The van der Waals surface area contributed by atoms with Crippen LogP contribution in [0.4, 0.5) is 5.69 Å². The zero-order valence-corrected chi connectivity index (χ0v) is 13.3. The highest BCUT2D eigenvalue weighted by molar-refractivity contribution is 5.84. The summed E-state index contributed by atoms with van der Waals surface area (Å²) >= 11 is 0. The zero-order valence-electron chi connectivity index (χ0n) is 13.3. The molecular weight excluding hydrogens is 304 g/mol. The van der Waals surface area contributed by atoms with Crippen LogP contribution in [0.5, 0.6) is 0 Å². The Balaban J connectivity index is 2.84. The first-order chi connectivity index (χ1) is 10.7. The van der Waals surface area contributed by atoms with Crippen molar-refractivity contribution in [3.8, 4) is 0 Å². The third-order valence-corrected chi connectivity index (χ3v) is 3.00. The first kappa shape index (κ1) is 18.3. The van der Waals surface area contributed by atoms with Crippen LogP contribution in [0, 0.1) is 10.1 Å². The molecular formula is C14H20N4O5. The minimum absolute atomic E-state index is 0.0456. The molecule has 9 heteroatoms. The second-order valence-corrected chi connectivity index (χ2v) is 5.24. The number of aromatic nitrogens is 1. The number of hydrogen-bond acceptors (Lipinski definition) is 5. The number of amides is 2. The van der Waals surface area contributed by atoms with E-state index >= 15 is 0 Å². The normalized spacial score (nSPS) is 10.4. The molecule has 0 aliphatic carbocycles. The van der Waals surface area contributed by atoms with Crippen molar-refractivity contribution >= 4 is 17.5 Å². The van der Waals surface area contributed by atoms with Gasteiger partial charge in [0.05, 0.1) is 17.7 Å². The highest BCUT2D eigenvalue weighted by Gasteiger charge is 2.18.